The normalized spacial score (nSPS) is 20.1. The SMILES string of the molecule is CCC(=O)SC1CC[CH]CC1. The van der Waals surface area contributed by atoms with Crippen LogP contribution in [-0.2, 0) is 4.79 Å². The van der Waals surface area contributed by atoms with E-state index in [0.717, 1.165) is 0 Å². The Bertz CT molecular complexity index is 128. The quantitative estimate of drug-likeness (QED) is 0.635. The highest BCUT2D eigenvalue weighted by molar-refractivity contribution is 8.14. The zero-order valence-electron chi connectivity index (χ0n) is 7.01. The van der Waals surface area contributed by atoms with E-state index in [1.807, 2.05) is 6.92 Å². The highest BCUT2D eigenvalue weighted by Gasteiger charge is 2.16. The first-order valence-corrected chi connectivity index (χ1v) is 5.22. The maximum Gasteiger partial charge on any atom is 0.188 e. The number of carbonyl (C=O) groups is 1. The van der Waals surface area contributed by atoms with Crippen LogP contribution in [0, 0.1) is 6.42 Å². The van der Waals surface area contributed by atoms with E-state index in [-0.39, 0.29) is 0 Å². The molecule has 11 heavy (non-hydrogen) atoms. The van der Waals surface area contributed by atoms with Gasteiger partial charge in [0.05, 0.1) is 0 Å². The highest BCUT2D eigenvalue weighted by atomic mass is 32.2. The summed E-state index contributed by atoms with van der Waals surface area (Å²) in [6.45, 7) is 1.93. The second-order valence-electron chi connectivity index (χ2n) is 2.91. The van der Waals surface area contributed by atoms with E-state index < -0.39 is 0 Å². The van der Waals surface area contributed by atoms with Gasteiger partial charge < -0.3 is 0 Å². The van der Waals surface area contributed by atoms with Crippen LogP contribution in [0.4, 0.5) is 0 Å². The second kappa shape index (κ2) is 4.81. The molecule has 0 saturated heterocycles. The minimum Gasteiger partial charge on any atom is -0.287 e. The standard InChI is InChI=1S/C9H15OS/c1-2-9(10)11-8-6-4-3-5-7-8/h3,8H,2,4-7H2,1H3. The maximum atomic E-state index is 11.0. The molecule has 63 valence electrons. The molecule has 1 saturated carbocycles. The van der Waals surface area contributed by atoms with Gasteiger partial charge in [-0.2, -0.15) is 0 Å². The summed E-state index contributed by atoms with van der Waals surface area (Å²) < 4.78 is 0. The van der Waals surface area contributed by atoms with Gasteiger partial charge in [-0.25, -0.2) is 0 Å². The molecule has 0 spiro atoms. The average molecular weight is 171 g/mol. The van der Waals surface area contributed by atoms with Gasteiger partial charge in [0.25, 0.3) is 0 Å². The zero-order chi connectivity index (χ0) is 8.10. The summed E-state index contributed by atoms with van der Waals surface area (Å²) in [4.78, 5) is 11.0. The van der Waals surface area contributed by atoms with Crippen molar-refractivity contribution < 1.29 is 4.79 Å². The molecule has 1 radical (unpaired) electrons. The molecule has 1 aliphatic carbocycles. The van der Waals surface area contributed by atoms with Gasteiger partial charge in [0, 0.05) is 11.7 Å². The Labute approximate surface area is 72.9 Å². The van der Waals surface area contributed by atoms with Crippen LogP contribution in [0.3, 0.4) is 0 Å². The molecule has 0 aromatic rings. The van der Waals surface area contributed by atoms with Crippen LogP contribution in [0.15, 0.2) is 0 Å². The Morgan fingerprint density at radius 2 is 2.18 bits per heavy atom. The van der Waals surface area contributed by atoms with Crippen molar-refractivity contribution in [3.8, 4) is 0 Å². The van der Waals surface area contributed by atoms with Crippen LogP contribution < -0.4 is 0 Å². The topological polar surface area (TPSA) is 17.1 Å². The third-order valence-electron chi connectivity index (χ3n) is 1.97. The Morgan fingerprint density at radius 1 is 1.55 bits per heavy atom. The van der Waals surface area contributed by atoms with E-state index in [1.165, 1.54) is 25.7 Å². The number of carbonyl (C=O) groups excluding carboxylic acids is 1. The number of rotatable bonds is 2. The lowest BCUT2D eigenvalue weighted by Crippen LogP contribution is -2.10. The summed E-state index contributed by atoms with van der Waals surface area (Å²) >= 11 is 1.56. The van der Waals surface area contributed by atoms with Gasteiger partial charge >= 0.3 is 0 Å². The van der Waals surface area contributed by atoms with Crippen molar-refractivity contribution in [3.05, 3.63) is 6.42 Å². The van der Waals surface area contributed by atoms with Gasteiger partial charge in [-0.05, 0) is 32.1 Å². The summed E-state index contributed by atoms with van der Waals surface area (Å²) in [5.41, 5.74) is 0. The minimum atomic E-state index is 0.358. The van der Waals surface area contributed by atoms with Crippen LogP contribution in [0.1, 0.15) is 39.0 Å². The second-order valence-corrected chi connectivity index (χ2v) is 4.27. The monoisotopic (exact) mass is 171 g/mol. The third kappa shape index (κ3) is 3.28. The summed E-state index contributed by atoms with van der Waals surface area (Å²) in [6, 6.07) is 0. The first kappa shape index (κ1) is 9.11. The Kier molecular flexibility index (Phi) is 3.98. The molecular formula is C9H15OS. The molecule has 0 amide bonds. The van der Waals surface area contributed by atoms with Gasteiger partial charge in [0.2, 0.25) is 0 Å². The predicted octanol–water partition coefficient (Wildman–Crippen LogP) is 2.80. The van der Waals surface area contributed by atoms with Crippen LogP contribution in [-0.4, -0.2) is 10.4 Å². The molecule has 0 N–H and O–H groups in total. The lowest BCUT2D eigenvalue weighted by atomic mass is 10.0. The first-order valence-electron chi connectivity index (χ1n) is 4.34. The number of hydrogen-bond acceptors (Lipinski definition) is 2. The molecule has 0 aromatic carbocycles. The Balaban J connectivity index is 2.19. The van der Waals surface area contributed by atoms with Crippen molar-refractivity contribution in [3.63, 3.8) is 0 Å². The lowest BCUT2D eigenvalue weighted by molar-refractivity contribution is -0.110. The molecular weight excluding hydrogens is 156 g/mol. The molecule has 0 aliphatic heterocycles. The van der Waals surface area contributed by atoms with Crippen molar-refractivity contribution in [1.82, 2.24) is 0 Å². The molecule has 1 nitrogen and oxygen atoms in total. The average Bonchev–Trinajstić information content (AvgIpc) is 2.06. The van der Waals surface area contributed by atoms with Gasteiger partial charge in [0.1, 0.15) is 0 Å². The molecule has 0 aromatic heterocycles. The minimum absolute atomic E-state index is 0.358. The van der Waals surface area contributed by atoms with Gasteiger partial charge in [-0.1, -0.05) is 18.7 Å². The number of thioether (sulfide) groups is 1. The molecule has 2 heteroatoms. The van der Waals surface area contributed by atoms with Crippen LogP contribution in [0.2, 0.25) is 0 Å². The van der Waals surface area contributed by atoms with Crippen molar-refractivity contribution in [1.29, 1.82) is 0 Å². The molecule has 0 atom stereocenters. The van der Waals surface area contributed by atoms with E-state index in [0.29, 0.717) is 16.8 Å². The van der Waals surface area contributed by atoms with Crippen LogP contribution in [0.5, 0.6) is 0 Å². The van der Waals surface area contributed by atoms with Crippen molar-refractivity contribution in [2.75, 3.05) is 0 Å². The van der Waals surface area contributed by atoms with Crippen LogP contribution >= 0.6 is 11.8 Å². The fraction of sp³-hybridized carbons (Fsp3) is 0.778. The summed E-state index contributed by atoms with van der Waals surface area (Å²) in [6.07, 6.45) is 7.83. The fourth-order valence-electron chi connectivity index (χ4n) is 1.28. The largest absolute Gasteiger partial charge is 0.287 e. The van der Waals surface area contributed by atoms with Crippen molar-refractivity contribution in [2.24, 2.45) is 0 Å². The Hall–Kier alpha value is 0.0200. The summed E-state index contributed by atoms with van der Waals surface area (Å²) in [5, 5.41) is 0.976. The van der Waals surface area contributed by atoms with E-state index in [4.69, 9.17) is 0 Å². The molecule has 1 fully saturated rings. The molecule has 0 bridgehead atoms. The van der Waals surface area contributed by atoms with Crippen molar-refractivity contribution >= 4 is 16.9 Å². The smallest absolute Gasteiger partial charge is 0.188 e. The fourth-order valence-corrected chi connectivity index (χ4v) is 2.33. The maximum absolute atomic E-state index is 11.0. The first-order chi connectivity index (χ1) is 5.33. The van der Waals surface area contributed by atoms with E-state index >= 15 is 0 Å². The van der Waals surface area contributed by atoms with Gasteiger partial charge in [0.15, 0.2) is 5.12 Å². The lowest BCUT2D eigenvalue weighted by Gasteiger charge is -2.19. The van der Waals surface area contributed by atoms with E-state index in [2.05, 4.69) is 6.42 Å². The predicted molar refractivity (Wildman–Crippen MR) is 49.4 cm³/mol. The molecule has 0 heterocycles. The third-order valence-corrected chi connectivity index (χ3v) is 3.33. The summed E-state index contributed by atoms with van der Waals surface area (Å²) in [5.74, 6) is 0. The van der Waals surface area contributed by atoms with Gasteiger partial charge in [-0.3, -0.25) is 4.79 Å². The summed E-state index contributed by atoms with van der Waals surface area (Å²) in [7, 11) is 0. The van der Waals surface area contributed by atoms with Crippen LogP contribution in [0.25, 0.3) is 0 Å². The molecule has 1 rings (SSSR count). The molecule has 1 aliphatic rings. The van der Waals surface area contributed by atoms with Crippen molar-refractivity contribution in [2.45, 2.75) is 44.3 Å². The van der Waals surface area contributed by atoms with E-state index in [9.17, 15) is 4.79 Å². The highest BCUT2D eigenvalue weighted by Crippen LogP contribution is 2.28. The van der Waals surface area contributed by atoms with Gasteiger partial charge in [-0.15, -0.1) is 0 Å². The van der Waals surface area contributed by atoms with E-state index in [1.54, 1.807) is 11.8 Å². The zero-order valence-corrected chi connectivity index (χ0v) is 7.82. The molecule has 0 unspecified atom stereocenters. The number of hydrogen-bond donors (Lipinski definition) is 0. The Morgan fingerprint density at radius 3 is 2.73 bits per heavy atom.